The summed E-state index contributed by atoms with van der Waals surface area (Å²) in [5.41, 5.74) is 8.56. The van der Waals surface area contributed by atoms with Crippen LogP contribution in [0.25, 0.3) is 0 Å². The van der Waals surface area contributed by atoms with Gasteiger partial charge in [-0.05, 0) is 57.9 Å². The van der Waals surface area contributed by atoms with E-state index in [0.29, 0.717) is 32.1 Å². The summed E-state index contributed by atoms with van der Waals surface area (Å²) >= 11 is 9.12. The molecule has 0 saturated carbocycles. The van der Waals surface area contributed by atoms with Crippen molar-refractivity contribution in [3.8, 4) is 11.5 Å². The first-order chi connectivity index (χ1) is 12.4. The van der Waals surface area contributed by atoms with Crippen LogP contribution in [0.15, 0.2) is 46.0 Å². The molecule has 2 aromatic carbocycles. The molecule has 3 N–H and O–H groups in total. The lowest BCUT2D eigenvalue weighted by Gasteiger charge is -2.12. The molecule has 0 bridgehead atoms. The number of benzene rings is 2. The summed E-state index contributed by atoms with van der Waals surface area (Å²) in [4.78, 5) is 22.8. The van der Waals surface area contributed by atoms with Gasteiger partial charge >= 0.3 is 0 Å². The fourth-order valence-electron chi connectivity index (χ4n) is 1.93. The molecular weight excluding hydrogens is 426 g/mol. The maximum absolute atomic E-state index is 12.0. The third kappa shape index (κ3) is 5.47. The van der Waals surface area contributed by atoms with E-state index in [1.54, 1.807) is 36.4 Å². The summed E-state index contributed by atoms with van der Waals surface area (Å²) in [6.07, 6.45) is 1.44. The first kappa shape index (κ1) is 19.7. The molecule has 0 heterocycles. The number of carbonyl (C=O) groups is 2. The number of rotatable bonds is 7. The number of hydrazone groups is 1. The predicted octanol–water partition coefficient (Wildman–Crippen LogP) is 2.74. The van der Waals surface area contributed by atoms with Crippen LogP contribution in [0.1, 0.15) is 15.9 Å². The van der Waals surface area contributed by atoms with Crippen LogP contribution in [0.2, 0.25) is 5.02 Å². The van der Waals surface area contributed by atoms with Gasteiger partial charge < -0.3 is 15.2 Å². The molecule has 2 amide bonds. The van der Waals surface area contributed by atoms with E-state index >= 15 is 0 Å². The van der Waals surface area contributed by atoms with Gasteiger partial charge in [0.1, 0.15) is 0 Å². The summed E-state index contributed by atoms with van der Waals surface area (Å²) in [5, 5.41) is 4.45. The topological polar surface area (TPSA) is 103 Å². The van der Waals surface area contributed by atoms with E-state index in [9.17, 15) is 9.59 Å². The molecule has 136 valence electrons. The van der Waals surface area contributed by atoms with Crippen molar-refractivity contribution >= 4 is 45.6 Å². The molecule has 0 saturated heterocycles. The first-order valence-electron chi connectivity index (χ1n) is 7.28. The minimum Gasteiger partial charge on any atom is -0.493 e. The molecular formula is C17H15BrClN3O4. The van der Waals surface area contributed by atoms with E-state index in [1.807, 2.05) is 0 Å². The molecule has 0 fully saturated rings. The van der Waals surface area contributed by atoms with Gasteiger partial charge in [0, 0.05) is 10.6 Å². The summed E-state index contributed by atoms with van der Waals surface area (Å²) in [6.45, 7) is -0.278. The van der Waals surface area contributed by atoms with Crippen molar-refractivity contribution in [3.63, 3.8) is 0 Å². The molecule has 0 spiro atoms. The summed E-state index contributed by atoms with van der Waals surface area (Å²) in [5.74, 6) is -0.250. The number of nitrogens with two attached hydrogens (primary N) is 1. The zero-order valence-electron chi connectivity index (χ0n) is 13.7. The van der Waals surface area contributed by atoms with Crippen molar-refractivity contribution < 1.29 is 19.1 Å². The third-order valence-electron chi connectivity index (χ3n) is 3.10. The Bertz CT molecular complexity index is 841. The molecule has 0 radical (unpaired) electrons. The van der Waals surface area contributed by atoms with E-state index in [0.717, 1.165) is 0 Å². The van der Waals surface area contributed by atoms with Gasteiger partial charge in [-0.2, -0.15) is 5.10 Å². The molecule has 0 aliphatic carbocycles. The van der Waals surface area contributed by atoms with Gasteiger partial charge in [-0.3, -0.25) is 9.59 Å². The number of carbonyl (C=O) groups excluding carboxylic acids is 2. The van der Waals surface area contributed by atoms with Crippen molar-refractivity contribution in [3.05, 3.63) is 57.0 Å². The van der Waals surface area contributed by atoms with Crippen LogP contribution >= 0.6 is 27.5 Å². The minimum atomic E-state index is -0.602. The second-order valence-corrected chi connectivity index (χ2v) is 6.29. The van der Waals surface area contributed by atoms with Crippen LogP contribution in [0.5, 0.6) is 11.5 Å². The number of halogens is 2. The molecule has 2 aromatic rings. The largest absolute Gasteiger partial charge is 0.493 e. The average molecular weight is 441 g/mol. The molecule has 2 rings (SSSR count). The molecule has 9 heteroatoms. The Morgan fingerprint density at radius 2 is 2.00 bits per heavy atom. The number of amides is 2. The molecule has 0 aromatic heterocycles. The van der Waals surface area contributed by atoms with Crippen molar-refractivity contribution in [1.29, 1.82) is 0 Å². The van der Waals surface area contributed by atoms with Crippen LogP contribution in [-0.2, 0) is 4.79 Å². The van der Waals surface area contributed by atoms with Gasteiger partial charge in [-0.15, -0.1) is 0 Å². The van der Waals surface area contributed by atoms with Crippen LogP contribution in [0.3, 0.4) is 0 Å². The van der Waals surface area contributed by atoms with Crippen molar-refractivity contribution in [2.75, 3.05) is 13.7 Å². The number of nitrogens with zero attached hydrogens (tertiary/aromatic N) is 1. The van der Waals surface area contributed by atoms with Gasteiger partial charge in [0.25, 0.3) is 11.8 Å². The standard InChI is InChI=1S/C17H15BrClN3O4/c1-25-14-7-10(6-13(18)16(14)26-9-15(20)23)8-21-22-17(24)11-2-4-12(19)5-3-11/h2-8H,9H2,1H3,(H2,20,23)(H,22,24)/b21-8+. The zero-order valence-corrected chi connectivity index (χ0v) is 16.0. The van der Waals surface area contributed by atoms with Crippen LogP contribution in [0, 0.1) is 0 Å². The predicted molar refractivity (Wildman–Crippen MR) is 102 cm³/mol. The number of ether oxygens (including phenoxy) is 2. The molecule has 0 atom stereocenters. The van der Waals surface area contributed by atoms with Gasteiger partial charge in [-0.1, -0.05) is 11.6 Å². The lowest BCUT2D eigenvalue weighted by molar-refractivity contribution is -0.119. The lowest BCUT2D eigenvalue weighted by Crippen LogP contribution is -2.20. The summed E-state index contributed by atoms with van der Waals surface area (Å²) in [7, 11) is 1.46. The second kappa shape index (κ2) is 9.21. The van der Waals surface area contributed by atoms with Crippen molar-refractivity contribution in [2.45, 2.75) is 0 Å². The van der Waals surface area contributed by atoms with Crippen molar-refractivity contribution in [1.82, 2.24) is 5.43 Å². The molecule has 0 aliphatic rings. The Hall–Kier alpha value is -2.58. The maximum Gasteiger partial charge on any atom is 0.271 e. The Kier molecular flexibility index (Phi) is 6.99. The second-order valence-electron chi connectivity index (χ2n) is 5.00. The van der Waals surface area contributed by atoms with Crippen LogP contribution in [0.4, 0.5) is 0 Å². The molecule has 0 unspecified atom stereocenters. The quantitative estimate of drug-likeness (QED) is 0.510. The Balaban J connectivity index is 2.09. The maximum atomic E-state index is 12.0. The van der Waals surface area contributed by atoms with Crippen LogP contribution in [-0.4, -0.2) is 31.7 Å². The smallest absolute Gasteiger partial charge is 0.271 e. The summed E-state index contributed by atoms with van der Waals surface area (Å²) in [6, 6.07) is 9.76. The molecule has 0 aliphatic heterocycles. The fourth-order valence-corrected chi connectivity index (χ4v) is 2.63. The van der Waals surface area contributed by atoms with E-state index in [4.69, 9.17) is 26.8 Å². The Morgan fingerprint density at radius 3 is 2.62 bits per heavy atom. The number of nitrogens with one attached hydrogen (secondary N) is 1. The van der Waals surface area contributed by atoms with Gasteiger partial charge in [0.2, 0.25) is 0 Å². The number of hydrogen-bond acceptors (Lipinski definition) is 5. The van der Waals surface area contributed by atoms with Gasteiger partial charge in [0.15, 0.2) is 18.1 Å². The Morgan fingerprint density at radius 1 is 1.31 bits per heavy atom. The van der Waals surface area contributed by atoms with E-state index in [2.05, 4.69) is 26.5 Å². The van der Waals surface area contributed by atoms with Gasteiger partial charge in [0.05, 0.1) is 17.8 Å². The number of hydrogen-bond donors (Lipinski definition) is 2. The highest BCUT2D eigenvalue weighted by atomic mass is 79.9. The zero-order chi connectivity index (χ0) is 19.1. The third-order valence-corrected chi connectivity index (χ3v) is 3.94. The average Bonchev–Trinajstić information content (AvgIpc) is 2.60. The van der Waals surface area contributed by atoms with E-state index in [-0.39, 0.29) is 12.5 Å². The minimum absolute atomic E-state index is 0.278. The highest BCUT2D eigenvalue weighted by Gasteiger charge is 2.12. The molecule has 7 nitrogen and oxygen atoms in total. The Labute approximate surface area is 163 Å². The normalized spacial score (nSPS) is 10.6. The SMILES string of the molecule is COc1cc(/C=N/NC(=O)c2ccc(Cl)cc2)cc(Br)c1OCC(N)=O. The van der Waals surface area contributed by atoms with Gasteiger partial charge in [-0.25, -0.2) is 5.43 Å². The fraction of sp³-hybridized carbons (Fsp3) is 0.118. The highest BCUT2D eigenvalue weighted by Crippen LogP contribution is 2.36. The van der Waals surface area contributed by atoms with E-state index < -0.39 is 5.91 Å². The number of primary amides is 1. The highest BCUT2D eigenvalue weighted by molar-refractivity contribution is 9.10. The molecule has 26 heavy (non-hydrogen) atoms. The number of methoxy groups -OCH3 is 1. The first-order valence-corrected chi connectivity index (χ1v) is 8.45. The lowest BCUT2D eigenvalue weighted by atomic mass is 10.2. The van der Waals surface area contributed by atoms with E-state index in [1.165, 1.54) is 13.3 Å². The summed E-state index contributed by atoms with van der Waals surface area (Å²) < 4.78 is 11.1. The van der Waals surface area contributed by atoms with Crippen LogP contribution < -0.4 is 20.6 Å². The monoisotopic (exact) mass is 439 g/mol. The van der Waals surface area contributed by atoms with Crippen molar-refractivity contribution in [2.24, 2.45) is 10.8 Å².